The molecule has 0 aliphatic heterocycles. The van der Waals surface area contributed by atoms with Crippen molar-refractivity contribution in [3.05, 3.63) is 217 Å². The van der Waals surface area contributed by atoms with Crippen molar-refractivity contribution in [2.75, 3.05) is 0 Å². The van der Waals surface area contributed by atoms with Gasteiger partial charge in [-0.2, -0.15) is 9.97 Å². The first-order chi connectivity index (χ1) is 28.6. The van der Waals surface area contributed by atoms with Gasteiger partial charge in [0.05, 0.1) is 22.0 Å². The molecule has 5 heteroatoms. The van der Waals surface area contributed by atoms with Crippen molar-refractivity contribution in [2.24, 2.45) is 0 Å². The van der Waals surface area contributed by atoms with Crippen molar-refractivity contribution < 1.29 is 4.42 Å². The number of hydrogen-bond acceptors (Lipinski definition) is 4. The molecule has 0 saturated heterocycles. The van der Waals surface area contributed by atoms with E-state index < -0.39 is 5.41 Å². The minimum absolute atomic E-state index is 0.530. The van der Waals surface area contributed by atoms with Crippen molar-refractivity contribution in [1.29, 1.82) is 0 Å². The van der Waals surface area contributed by atoms with Crippen molar-refractivity contribution in [3.8, 4) is 39.9 Å². The molecule has 274 valence electrons. The number of para-hydroxylation sites is 3. The van der Waals surface area contributed by atoms with Crippen LogP contribution in [0.3, 0.4) is 0 Å². The molecule has 1 unspecified atom stereocenters. The van der Waals surface area contributed by atoms with Crippen LogP contribution in [0.1, 0.15) is 23.6 Å². The Balaban J connectivity index is 1.22. The van der Waals surface area contributed by atoms with Crippen molar-refractivity contribution in [1.82, 2.24) is 19.5 Å². The van der Waals surface area contributed by atoms with E-state index in [-0.39, 0.29) is 0 Å². The highest BCUT2D eigenvalue weighted by Gasteiger charge is 2.46. The van der Waals surface area contributed by atoms with Gasteiger partial charge >= 0.3 is 0 Å². The van der Waals surface area contributed by atoms with Crippen LogP contribution in [0.25, 0.3) is 83.6 Å². The summed E-state index contributed by atoms with van der Waals surface area (Å²) < 4.78 is 8.72. The highest BCUT2D eigenvalue weighted by molar-refractivity contribution is 6.12. The summed E-state index contributed by atoms with van der Waals surface area (Å²) in [5.74, 6) is 1.65. The third-order valence-corrected chi connectivity index (χ3v) is 11.6. The van der Waals surface area contributed by atoms with Crippen LogP contribution < -0.4 is 0 Å². The third kappa shape index (κ3) is 4.93. The predicted octanol–water partition coefficient (Wildman–Crippen LogP) is 13.2. The molecule has 1 aliphatic carbocycles. The maximum Gasteiger partial charge on any atom is 0.238 e. The number of rotatable bonds is 7. The Labute approximate surface area is 335 Å². The Morgan fingerprint density at radius 2 is 1.26 bits per heavy atom. The summed E-state index contributed by atoms with van der Waals surface area (Å²) in [7, 11) is 0. The lowest BCUT2D eigenvalue weighted by Crippen LogP contribution is -2.28. The van der Waals surface area contributed by atoms with E-state index >= 15 is 0 Å². The molecule has 0 N–H and O–H groups in total. The zero-order valence-electron chi connectivity index (χ0n) is 31.8. The number of fused-ring (bicyclic) bond motifs is 9. The van der Waals surface area contributed by atoms with E-state index in [0.29, 0.717) is 17.6 Å². The van der Waals surface area contributed by atoms with Gasteiger partial charge in [-0.15, -0.1) is 0 Å². The van der Waals surface area contributed by atoms with Gasteiger partial charge in [0.15, 0.2) is 11.6 Å². The molecule has 0 saturated carbocycles. The second kappa shape index (κ2) is 13.2. The highest BCUT2D eigenvalue weighted by atomic mass is 16.3. The molecule has 58 heavy (non-hydrogen) atoms. The van der Waals surface area contributed by atoms with Crippen LogP contribution >= 0.6 is 0 Å². The largest absolute Gasteiger partial charge is 0.455 e. The normalized spacial score (nSPS) is 15.0. The zero-order chi connectivity index (χ0) is 38.8. The first kappa shape index (κ1) is 33.7. The summed E-state index contributed by atoms with van der Waals surface area (Å²) >= 11 is 0. The van der Waals surface area contributed by atoms with Crippen molar-refractivity contribution in [3.63, 3.8) is 0 Å². The van der Waals surface area contributed by atoms with Gasteiger partial charge in [0.1, 0.15) is 11.2 Å². The molecule has 3 aromatic heterocycles. The Morgan fingerprint density at radius 3 is 2.10 bits per heavy atom. The molecule has 11 rings (SSSR count). The quantitative estimate of drug-likeness (QED) is 0.153. The molecule has 1 aliphatic rings. The number of benzene rings is 7. The first-order valence-electron chi connectivity index (χ1n) is 19.6. The average molecular weight is 745 g/mol. The molecule has 0 bridgehead atoms. The molecule has 5 nitrogen and oxygen atoms in total. The van der Waals surface area contributed by atoms with E-state index in [9.17, 15) is 0 Å². The Morgan fingerprint density at radius 1 is 0.569 bits per heavy atom. The zero-order valence-corrected chi connectivity index (χ0v) is 31.8. The molecular formula is C53H36N4O. The van der Waals surface area contributed by atoms with Crippen LogP contribution in [0.15, 0.2) is 205 Å². The van der Waals surface area contributed by atoms with Crippen LogP contribution in [0.2, 0.25) is 0 Å². The second-order valence-electron chi connectivity index (χ2n) is 14.8. The number of hydrogen-bond donors (Lipinski definition) is 0. The number of furan rings is 1. The van der Waals surface area contributed by atoms with Crippen LogP contribution in [-0.4, -0.2) is 19.5 Å². The van der Waals surface area contributed by atoms with E-state index in [1.807, 2.05) is 73.7 Å². The van der Waals surface area contributed by atoms with Crippen LogP contribution in [0, 0.1) is 0 Å². The van der Waals surface area contributed by atoms with E-state index in [0.717, 1.165) is 66.0 Å². The van der Waals surface area contributed by atoms with Crippen LogP contribution in [0.5, 0.6) is 0 Å². The lowest BCUT2D eigenvalue weighted by molar-refractivity contribution is 0.669. The van der Waals surface area contributed by atoms with Crippen molar-refractivity contribution >= 4 is 43.7 Å². The number of allylic oxidation sites excluding steroid dienone is 5. The topological polar surface area (TPSA) is 56.7 Å². The lowest BCUT2D eigenvalue weighted by atomic mass is 9.67. The average Bonchev–Trinajstić information content (AvgIpc) is 3.92. The maximum absolute atomic E-state index is 6.52. The van der Waals surface area contributed by atoms with Gasteiger partial charge < -0.3 is 4.42 Å². The Bertz CT molecular complexity index is 3320. The molecule has 0 spiro atoms. The minimum Gasteiger partial charge on any atom is -0.455 e. The molecule has 7 aromatic carbocycles. The standard InChI is InChI=1S/C53H36N4O/c1-3-4-7-19-34(2)53(36-22-10-6-11-23-36)44-29-15-12-24-37(44)42-33-47-43(32-45(42)53)38-25-13-16-30-46(38)57(47)52-55-50(35-20-8-5-9-21-35)54-51(56-52)41-28-18-27-40-39-26-14-17-31-48(39)58-49(40)41/h3-33H,2H2,1H3/b4-3-,19-7-. The van der Waals surface area contributed by atoms with Gasteiger partial charge in [-0.3, -0.25) is 4.57 Å². The molecule has 3 heterocycles. The second-order valence-corrected chi connectivity index (χ2v) is 14.8. The van der Waals surface area contributed by atoms with E-state index in [1.54, 1.807) is 0 Å². The fourth-order valence-corrected chi connectivity index (χ4v) is 9.12. The van der Waals surface area contributed by atoms with Gasteiger partial charge in [-0.1, -0.05) is 164 Å². The smallest absolute Gasteiger partial charge is 0.238 e. The highest BCUT2D eigenvalue weighted by Crippen LogP contribution is 2.57. The van der Waals surface area contributed by atoms with Gasteiger partial charge in [-0.05, 0) is 70.6 Å². The fraction of sp³-hybridized carbons (Fsp3) is 0.0377. The summed E-state index contributed by atoms with van der Waals surface area (Å²) in [6.07, 6.45) is 8.35. The Hall–Kier alpha value is -7.63. The van der Waals surface area contributed by atoms with E-state index in [4.69, 9.17) is 25.9 Å². The summed E-state index contributed by atoms with van der Waals surface area (Å²) in [6.45, 7) is 6.83. The van der Waals surface area contributed by atoms with Crippen molar-refractivity contribution in [2.45, 2.75) is 12.3 Å². The van der Waals surface area contributed by atoms with Gasteiger partial charge in [0, 0.05) is 27.1 Å². The number of nitrogens with zero attached hydrogens (tertiary/aromatic N) is 4. The molecule has 0 amide bonds. The third-order valence-electron chi connectivity index (χ3n) is 11.6. The minimum atomic E-state index is -0.616. The maximum atomic E-state index is 6.52. The Kier molecular flexibility index (Phi) is 7.70. The molecule has 10 aromatic rings. The van der Waals surface area contributed by atoms with Gasteiger partial charge in [0.25, 0.3) is 0 Å². The van der Waals surface area contributed by atoms with Gasteiger partial charge in [-0.25, -0.2) is 4.98 Å². The fourth-order valence-electron chi connectivity index (χ4n) is 9.12. The molecule has 1 atom stereocenters. The monoisotopic (exact) mass is 744 g/mol. The number of aromatic nitrogens is 4. The van der Waals surface area contributed by atoms with Gasteiger partial charge in [0.2, 0.25) is 5.95 Å². The molecule has 0 radical (unpaired) electrons. The lowest BCUT2D eigenvalue weighted by Gasteiger charge is -2.34. The summed E-state index contributed by atoms with van der Waals surface area (Å²) in [4.78, 5) is 15.7. The summed E-state index contributed by atoms with van der Waals surface area (Å²) in [5, 5.41) is 4.29. The predicted molar refractivity (Wildman–Crippen MR) is 237 cm³/mol. The molecule has 0 fully saturated rings. The van der Waals surface area contributed by atoms with E-state index in [2.05, 4.69) is 126 Å². The summed E-state index contributed by atoms with van der Waals surface area (Å²) in [6, 6.07) is 57.3. The SMILES string of the molecule is C=C(/C=C\C=C/C)C1(c2ccccc2)c2ccccc2-c2cc3c(cc21)c1ccccc1n3-c1nc(-c2ccccc2)nc(-c2cccc3c2oc2ccccc23)n1. The van der Waals surface area contributed by atoms with Crippen LogP contribution in [-0.2, 0) is 5.41 Å². The molecular weight excluding hydrogens is 709 g/mol. The summed E-state index contributed by atoms with van der Waals surface area (Å²) in [5.41, 5.74) is 11.6. The van der Waals surface area contributed by atoms with E-state index in [1.165, 1.54) is 22.3 Å². The van der Waals surface area contributed by atoms with Crippen LogP contribution in [0.4, 0.5) is 0 Å². The first-order valence-corrected chi connectivity index (χ1v) is 19.6.